The summed E-state index contributed by atoms with van der Waals surface area (Å²) in [6, 6.07) is 21.4. The van der Waals surface area contributed by atoms with Crippen molar-refractivity contribution >= 4 is 17.6 Å². The molecular weight excluding hydrogens is 775 g/mol. The molecule has 5 unspecified atom stereocenters. The van der Waals surface area contributed by atoms with Crippen molar-refractivity contribution in [2.45, 2.75) is 107 Å². The van der Waals surface area contributed by atoms with Gasteiger partial charge in [-0.2, -0.15) is 0 Å². The molecule has 2 aliphatic carbocycles. The Morgan fingerprint density at radius 1 is 0.639 bits per heavy atom. The molecule has 3 N–H and O–H groups in total. The molecule has 6 aliphatic rings. The Hall–Kier alpha value is -4.78. The Morgan fingerprint density at radius 2 is 1.18 bits per heavy atom. The summed E-state index contributed by atoms with van der Waals surface area (Å²) in [6.45, 7) is 4.34. The van der Waals surface area contributed by atoms with Gasteiger partial charge in [-0.1, -0.05) is 55.7 Å². The Balaban J connectivity index is 0.000000167. The average Bonchev–Trinajstić information content (AvgIpc) is 4.02. The van der Waals surface area contributed by atoms with Crippen LogP contribution in [-0.4, -0.2) is 93.4 Å². The summed E-state index contributed by atoms with van der Waals surface area (Å²) in [6.07, 6.45) is 16.0. The van der Waals surface area contributed by atoms with E-state index in [1.54, 1.807) is 24.7 Å². The fraction of sp³-hybridized carbons (Fsp3) is 0.510. The van der Waals surface area contributed by atoms with Crippen molar-refractivity contribution in [3.05, 3.63) is 120 Å². The molecule has 2 saturated carbocycles. The van der Waals surface area contributed by atoms with Gasteiger partial charge in [0.15, 0.2) is 0 Å². The summed E-state index contributed by atoms with van der Waals surface area (Å²) in [5, 5.41) is 18.2. The lowest BCUT2D eigenvalue weighted by Gasteiger charge is -2.50. The highest BCUT2D eigenvalue weighted by Crippen LogP contribution is 2.51. The van der Waals surface area contributed by atoms with Gasteiger partial charge in [-0.3, -0.25) is 24.2 Å². The van der Waals surface area contributed by atoms with E-state index >= 15 is 0 Å². The molecule has 61 heavy (non-hydrogen) atoms. The smallest absolute Gasteiger partial charge is 0.227 e. The first-order chi connectivity index (χ1) is 29.6. The highest BCUT2D eigenvalue weighted by molar-refractivity contribution is 5.88. The lowest BCUT2D eigenvalue weighted by atomic mass is 9.66. The molecule has 6 fully saturated rings. The van der Waals surface area contributed by atoms with Crippen LogP contribution in [0.1, 0.15) is 106 Å². The molecule has 0 radical (unpaired) electrons. The van der Waals surface area contributed by atoms with Gasteiger partial charge < -0.3 is 20.3 Å². The minimum atomic E-state index is -0.912. The molecule has 2 spiro atoms. The van der Waals surface area contributed by atoms with Gasteiger partial charge in [0.1, 0.15) is 23.0 Å². The van der Waals surface area contributed by atoms with Gasteiger partial charge in [0.25, 0.3) is 0 Å². The van der Waals surface area contributed by atoms with E-state index in [4.69, 9.17) is 0 Å². The van der Waals surface area contributed by atoms with Crippen molar-refractivity contribution in [3.8, 4) is 5.69 Å². The van der Waals surface area contributed by atoms with Crippen LogP contribution < -0.4 is 10.6 Å². The van der Waals surface area contributed by atoms with E-state index in [-0.39, 0.29) is 47.4 Å². The molecule has 5 atom stereocenters. The molecule has 4 aromatic rings. The van der Waals surface area contributed by atoms with Gasteiger partial charge in [-0.05, 0) is 131 Å². The van der Waals surface area contributed by atoms with Gasteiger partial charge in [0, 0.05) is 55.5 Å². The highest BCUT2D eigenvalue weighted by Gasteiger charge is 2.55. The third-order valence-electron chi connectivity index (χ3n) is 15.5. The van der Waals surface area contributed by atoms with Crippen LogP contribution in [0.15, 0.2) is 91.5 Å². The number of halogens is 2. The number of carbonyl (C=O) groups excluding carboxylic acids is 3. The Kier molecular flexibility index (Phi) is 11.7. The van der Waals surface area contributed by atoms with E-state index in [0.29, 0.717) is 25.3 Å². The number of nitrogens with one attached hydrogen (secondary N) is 2. The standard InChI is InChI=1S/C29H33FN4O2.C20H25FN2O2/c30-23-8-4-21(5-9-23)25-19-32-27(35)28(25)13-16-33(17-14-28)26-3-1-2-12-29(26,36)22-6-10-24(11-7-22)34-18-15-31-20-34;21-15-7-5-14(6-8-15)16-13-22-19(25)20(16)9-11-23(12-10-20)17-3-1-2-4-18(17)24/h4-11,15,18,20,25-26,36H,1-3,12-14,16-17,19H2,(H,32,35);5-8,16-17H,1-4,9-13H2,(H,22,25). The molecule has 0 bridgehead atoms. The van der Waals surface area contributed by atoms with E-state index in [1.807, 2.05) is 47.2 Å². The second-order valence-electron chi connectivity index (χ2n) is 18.4. The molecule has 1 aromatic heterocycles. The molecule has 322 valence electrons. The molecule has 2 amide bonds. The third-order valence-corrected chi connectivity index (χ3v) is 15.5. The number of ketones is 1. The van der Waals surface area contributed by atoms with Gasteiger partial charge in [0.2, 0.25) is 11.8 Å². The van der Waals surface area contributed by atoms with Crippen LogP contribution in [0.25, 0.3) is 5.69 Å². The zero-order valence-electron chi connectivity index (χ0n) is 34.9. The van der Waals surface area contributed by atoms with E-state index in [1.165, 1.54) is 24.3 Å². The number of likely N-dealkylation sites (tertiary alicyclic amines) is 2. The Bertz CT molecular complexity index is 2170. The number of benzene rings is 3. The summed E-state index contributed by atoms with van der Waals surface area (Å²) < 4.78 is 28.7. The number of aromatic nitrogens is 2. The lowest BCUT2D eigenvalue weighted by Crippen LogP contribution is -2.57. The lowest BCUT2D eigenvalue weighted by molar-refractivity contribution is -0.134. The van der Waals surface area contributed by atoms with Crippen molar-refractivity contribution < 1.29 is 28.3 Å². The van der Waals surface area contributed by atoms with Crippen molar-refractivity contribution in [2.75, 3.05) is 39.3 Å². The number of imidazole rings is 1. The van der Waals surface area contributed by atoms with E-state index in [2.05, 4.69) is 25.4 Å². The van der Waals surface area contributed by atoms with Crippen LogP contribution in [0.2, 0.25) is 0 Å². The van der Waals surface area contributed by atoms with Crippen LogP contribution in [0.4, 0.5) is 8.78 Å². The van der Waals surface area contributed by atoms with Gasteiger partial charge in [-0.25, -0.2) is 13.8 Å². The van der Waals surface area contributed by atoms with E-state index in [9.17, 15) is 28.3 Å². The quantitative estimate of drug-likeness (QED) is 0.196. The second-order valence-corrected chi connectivity index (χ2v) is 18.4. The average molecular weight is 833 g/mol. The summed E-state index contributed by atoms with van der Waals surface area (Å²) in [5.41, 5.74) is 2.24. The first kappa shape index (κ1) is 41.6. The number of Topliss-reactive ketones (excluding diaryl/α,β-unsaturated/α-hetero) is 1. The Labute approximate surface area is 357 Å². The van der Waals surface area contributed by atoms with Crippen molar-refractivity contribution in [1.82, 2.24) is 30.0 Å². The maximum atomic E-state index is 13.5. The van der Waals surface area contributed by atoms with Crippen LogP contribution >= 0.6 is 0 Å². The number of nitrogens with zero attached hydrogens (tertiary/aromatic N) is 4. The number of hydrogen-bond acceptors (Lipinski definition) is 7. The summed E-state index contributed by atoms with van der Waals surface area (Å²) in [5.74, 6) is 0.240. The predicted molar refractivity (Wildman–Crippen MR) is 228 cm³/mol. The SMILES string of the molecule is O=C1CCCCC1N1CCC2(CC1)C(=O)NCC2c1ccc(F)cc1.O=C1NCC(c2ccc(F)cc2)C12CCN(C1CCCCC1(O)c1ccc(-n3ccnc3)cc1)CC2. The van der Waals surface area contributed by atoms with Crippen molar-refractivity contribution in [2.24, 2.45) is 10.8 Å². The predicted octanol–water partition coefficient (Wildman–Crippen LogP) is 6.77. The first-order valence-corrected chi connectivity index (χ1v) is 22.5. The maximum absolute atomic E-state index is 13.5. The third kappa shape index (κ3) is 7.84. The van der Waals surface area contributed by atoms with Gasteiger partial charge in [0.05, 0.1) is 23.2 Å². The number of piperidine rings is 2. The molecule has 12 heteroatoms. The van der Waals surface area contributed by atoms with E-state index in [0.717, 1.165) is 119 Å². The second kappa shape index (κ2) is 17.2. The number of rotatable bonds is 6. The largest absolute Gasteiger partial charge is 0.384 e. The molecule has 10 rings (SSSR count). The van der Waals surface area contributed by atoms with Crippen LogP contribution in [0, 0.1) is 22.5 Å². The van der Waals surface area contributed by atoms with E-state index < -0.39 is 16.4 Å². The maximum Gasteiger partial charge on any atom is 0.227 e. The Morgan fingerprint density at radius 3 is 1.70 bits per heavy atom. The van der Waals surface area contributed by atoms with Crippen LogP contribution in [-0.2, 0) is 20.0 Å². The normalized spacial score (nSPS) is 28.9. The number of amides is 2. The zero-order valence-corrected chi connectivity index (χ0v) is 34.9. The number of hydrogen-bond donors (Lipinski definition) is 3. The molecule has 5 heterocycles. The minimum absolute atomic E-state index is 0.0245. The summed E-state index contributed by atoms with van der Waals surface area (Å²) in [7, 11) is 0. The molecule has 4 aliphatic heterocycles. The fourth-order valence-corrected chi connectivity index (χ4v) is 12.0. The fourth-order valence-electron chi connectivity index (χ4n) is 12.0. The summed E-state index contributed by atoms with van der Waals surface area (Å²) >= 11 is 0. The first-order valence-electron chi connectivity index (χ1n) is 22.5. The van der Waals surface area contributed by atoms with Gasteiger partial charge in [-0.15, -0.1) is 0 Å². The monoisotopic (exact) mass is 832 g/mol. The zero-order chi connectivity index (χ0) is 42.2. The highest BCUT2D eigenvalue weighted by atomic mass is 19.1. The van der Waals surface area contributed by atoms with Crippen molar-refractivity contribution in [3.63, 3.8) is 0 Å². The summed E-state index contributed by atoms with van der Waals surface area (Å²) in [4.78, 5) is 46.8. The molecule has 10 nitrogen and oxygen atoms in total. The topological polar surface area (TPSA) is 120 Å². The van der Waals surface area contributed by atoms with Crippen molar-refractivity contribution in [1.29, 1.82) is 0 Å². The number of aliphatic hydroxyl groups is 1. The van der Waals surface area contributed by atoms with Crippen LogP contribution in [0.3, 0.4) is 0 Å². The molecule has 4 saturated heterocycles. The van der Waals surface area contributed by atoms with Crippen LogP contribution in [0.5, 0.6) is 0 Å². The molecular formula is C49H58F2N6O4. The minimum Gasteiger partial charge on any atom is -0.384 e. The number of carbonyl (C=O) groups is 3. The van der Waals surface area contributed by atoms with Gasteiger partial charge >= 0.3 is 0 Å². The molecule has 3 aromatic carbocycles.